The number of nitrogens with one attached hydrogen (secondary N) is 1. The standard InChI is InChI=1S/C17H20FN3O2S/c1-11-2-3-12(9-14(11)18)8-13-10-20-16(24-13)21-15(22)17(19)4-6-23-7-5-17/h2-3,9-10H,4-8,19H2,1H3,(H,20,21,22). The molecule has 1 aliphatic rings. The minimum absolute atomic E-state index is 0.213. The van der Waals surface area contributed by atoms with E-state index in [1.807, 2.05) is 6.07 Å². The number of ether oxygens (including phenoxy) is 1. The zero-order valence-electron chi connectivity index (χ0n) is 13.5. The van der Waals surface area contributed by atoms with Crippen LogP contribution in [0.25, 0.3) is 0 Å². The van der Waals surface area contributed by atoms with Crippen molar-refractivity contribution < 1.29 is 13.9 Å². The molecule has 0 aliphatic carbocycles. The molecule has 0 unspecified atom stereocenters. The third-order valence-corrected chi connectivity index (χ3v) is 5.14. The number of aryl methyl sites for hydroxylation is 1. The first kappa shape index (κ1) is 17.0. The Morgan fingerprint density at radius 3 is 2.92 bits per heavy atom. The van der Waals surface area contributed by atoms with Gasteiger partial charge in [0.1, 0.15) is 11.4 Å². The van der Waals surface area contributed by atoms with Crippen molar-refractivity contribution in [2.45, 2.75) is 31.7 Å². The van der Waals surface area contributed by atoms with Crippen molar-refractivity contribution in [2.24, 2.45) is 5.73 Å². The molecular weight excluding hydrogens is 329 g/mol. The van der Waals surface area contributed by atoms with Gasteiger partial charge in [0.25, 0.3) is 0 Å². The molecule has 5 nitrogen and oxygen atoms in total. The summed E-state index contributed by atoms with van der Waals surface area (Å²) in [6.45, 7) is 2.72. The van der Waals surface area contributed by atoms with Crippen molar-refractivity contribution in [3.63, 3.8) is 0 Å². The van der Waals surface area contributed by atoms with Crippen LogP contribution in [0.3, 0.4) is 0 Å². The molecular formula is C17H20FN3O2S. The molecule has 0 spiro atoms. The van der Waals surface area contributed by atoms with Gasteiger partial charge in [-0.1, -0.05) is 12.1 Å². The number of nitrogens with two attached hydrogens (primary N) is 1. The highest BCUT2D eigenvalue weighted by Gasteiger charge is 2.36. The summed E-state index contributed by atoms with van der Waals surface area (Å²) in [6.07, 6.45) is 3.27. The molecule has 1 amide bonds. The number of thiazole rings is 1. The first-order chi connectivity index (χ1) is 11.5. The summed E-state index contributed by atoms with van der Waals surface area (Å²) >= 11 is 1.38. The van der Waals surface area contributed by atoms with Gasteiger partial charge in [-0.15, -0.1) is 11.3 Å². The van der Waals surface area contributed by atoms with Gasteiger partial charge >= 0.3 is 0 Å². The summed E-state index contributed by atoms with van der Waals surface area (Å²) in [5.41, 5.74) is 6.76. The average molecular weight is 349 g/mol. The van der Waals surface area contributed by atoms with Gasteiger partial charge < -0.3 is 15.8 Å². The van der Waals surface area contributed by atoms with E-state index in [1.165, 1.54) is 17.4 Å². The first-order valence-electron chi connectivity index (χ1n) is 7.84. The molecule has 0 bridgehead atoms. The molecule has 0 saturated carbocycles. The Bertz CT molecular complexity index is 741. The van der Waals surface area contributed by atoms with Crippen molar-refractivity contribution in [1.82, 2.24) is 4.98 Å². The molecule has 3 rings (SSSR count). The van der Waals surface area contributed by atoms with Gasteiger partial charge in [0.2, 0.25) is 5.91 Å². The van der Waals surface area contributed by atoms with Gasteiger partial charge in [0.05, 0.1) is 0 Å². The van der Waals surface area contributed by atoms with Gasteiger partial charge in [-0.2, -0.15) is 0 Å². The lowest BCUT2D eigenvalue weighted by atomic mass is 9.90. The van der Waals surface area contributed by atoms with Crippen LogP contribution in [0.2, 0.25) is 0 Å². The zero-order valence-corrected chi connectivity index (χ0v) is 14.3. The monoisotopic (exact) mass is 349 g/mol. The van der Waals surface area contributed by atoms with Crippen LogP contribution in [0, 0.1) is 12.7 Å². The number of carbonyl (C=O) groups is 1. The Morgan fingerprint density at radius 1 is 1.46 bits per heavy atom. The number of anilines is 1. The van der Waals surface area contributed by atoms with Crippen LogP contribution in [-0.2, 0) is 16.0 Å². The minimum Gasteiger partial charge on any atom is -0.381 e. The van der Waals surface area contributed by atoms with E-state index in [4.69, 9.17) is 10.5 Å². The van der Waals surface area contributed by atoms with E-state index in [1.54, 1.807) is 19.2 Å². The van der Waals surface area contributed by atoms with E-state index >= 15 is 0 Å². The molecule has 7 heteroatoms. The lowest BCUT2D eigenvalue weighted by Crippen LogP contribution is -2.54. The highest BCUT2D eigenvalue weighted by atomic mass is 32.1. The normalized spacial score (nSPS) is 16.8. The number of carbonyl (C=O) groups excluding carboxylic acids is 1. The minimum atomic E-state index is -0.899. The molecule has 1 aromatic carbocycles. The topological polar surface area (TPSA) is 77.2 Å². The maximum Gasteiger partial charge on any atom is 0.246 e. The van der Waals surface area contributed by atoms with E-state index < -0.39 is 5.54 Å². The quantitative estimate of drug-likeness (QED) is 0.889. The number of benzene rings is 1. The first-order valence-corrected chi connectivity index (χ1v) is 8.66. The fraction of sp³-hybridized carbons (Fsp3) is 0.412. The molecule has 1 saturated heterocycles. The SMILES string of the molecule is Cc1ccc(Cc2cnc(NC(=O)C3(N)CCOCC3)s2)cc1F. The van der Waals surface area contributed by atoms with Crippen LogP contribution in [0.15, 0.2) is 24.4 Å². The predicted octanol–water partition coefficient (Wildman–Crippen LogP) is 2.63. The van der Waals surface area contributed by atoms with Crippen LogP contribution in [0.4, 0.5) is 9.52 Å². The predicted molar refractivity (Wildman–Crippen MR) is 91.7 cm³/mol. The van der Waals surface area contributed by atoms with Crippen LogP contribution < -0.4 is 11.1 Å². The highest BCUT2D eigenvalue weighted by molar-refractivity contribution is 7.15. The molecule has 1 aliphatic heterocycles. The zero-order chi connectivity index (χ0) is 17.2. The summed E-state index contributed by atoms with van der Waals surface area (Å²) in [6, 6.07) is 5.19. The van der Waals surface area contributed by atoms with Gasteiger partial charge in [-0.05, 0) is 37.0 Å². The summed E-state index contributed by atoms with van der Waals surface area (Å²) in [7, 11) is 0. The molecule has 2 heterocycles. The lowest BCUT2D eigenvalue weighted by molar-refractivity contribution is -0.124. The Balaban J connectivity index is 1.64. The number of hydrogen-bond donors (Lipinski definition) is 2. The number of amides is 1. The fourth-order valence-corrected chi connectivity index (χ4v) is 3.42. The molecule has 0 atom stereocenters. The molecule has 1 aromatic heterocycles. The third kappa shape index (κ3) is 3.80. The molecule has 3 N–H and O–H groups in total. The van der Waals surface area contributed by atoms with E-state index in [0.29, 0.717) is 43.2 Å². The second-order valence-electron chi connectivity index (χ2n) is 6.11. The van der Waals surface area contributed by atoms with Gasteiger partial charge in [-0.25, -0.2) is 9.37 Å². The molecule has 2 aromatic rings. The van der Waals surface area contributed by atoms with Crippen molar-refractivity contribution in [3.8, 4) is 0 Å². The van der Waals surface area contributed by atoms with Crippen LogP contribution in [-0.4, -0.2) is 29.6 Å². The highest BCUT2D eigenvalue weighted by Crippen LogP contribution is 2.25. The smallest absolute Gasteiger partial charge is 0.246 e. The molecule has 0 radical (unpaired) electrons. The summed E-state index contributed by atoms with van der Waals surface area (Å²) in [5, 5.41) is 3.31. The average Bonchev–Trinajstić information content (AvgIpc) is 2.99. The summed E-state index contributed by atoms with van der Waals surface area (Å²) in [4.78, 5) is 17.5. The van der Waals surface area contributed by atoms with Crippen molar-refractivity contribution in [2.75, 3.05) is 18.5 Å². The summed E-state index contributed by atoms with van der Waals surface area (Å²) in [5.74, 6) is -0.441. The van der Waals surface area contributed by atoms with E-state index in [-0.39, 0.29) is 11.7 Å². The van der Waals surface area contributed by atoms with Crippen molar-refractivity contribution in [3.05, 3.63) is 46.2 Å². The Labute approximate surface area is 144 Å². The largest absolute Gasteiger partial charge is 0.381 e. The number of aromatic nitrogens is 1. The number of hydrogen-bond acceptors (Lipinski definition) is 5. The van der Waals surface area contributed by atoms with Crippen LogP contribution >= 0.6 is 11.3 Å². The summed E-state index contributed by atoms with van der Waals surface area (Å²) < 4.78 is 18.9. The third-order valence-electron chi connectivity index (χ3n) is 4.23. The maximum absolute atomic E-state index is 13.6. The molecule has 1 fully saturated rings. The number of nitrogens with zero attached hydrogens (tertiary/aromatic N) is 1. The van der Waals surface area contributed by atoms with E-state index in [2.05, 4.69) is 10.3 Å². The second-order valence-corrected chi connectivity index (χ2v) is 7.23. The van der Waals surface area contributed by atoms with E-state index in [9.17, 15) is 9.18 Å². The van der Waals surface area contributed by atoms with Gasteiger partial charge in [0.15, 0.2) is 5.13 Å². The van der Waals surface area contributed by atoms with Crippen LogP contribution in [0.5, 0.6) is 0 Å². The molecule has 128 valence electrons. The van der Waals surface area contributed by atoms with Gasteiger partial charge in [-0.3, -0.25) is 4.79 Å². The van der Waals surface area contributed by atoms with Gasteiger partial charge in [0, 0.05) is 30.7 Å². The molecule has 24 heavy (non-hydrogen) atoms. The van der Waals surface area contributed by atoms with Crippen molar-refractivity contribution >= 4 is 22.4 Å². The lowest BCUT2D eigenvalue weighted by Gasteiger charge is -2.31. The second kappa shape index (κ2) is 6.96. The van der Waals surface area contributed by atoms with Crippen LogP contribution in [0.1, 0.15) is 28.8 Å². The number of halogens is 1. The van der Waals surface area contributed by atoms with Crippen molar-refractivity contribution in [1.29, 1.82) is 0 Å². The fourth-order valence-electron chi connectivity index (χ4n) is 2.58. The maximum atomic E-state index is 13.6. The Hall–Kier alpha value is -1.83. The Morgan fingerprint density at radius 2 is 2.21 bits per heavy atom. The Kier molecular flexibility index (Phi) is 4.93. The number of rotatable bonds is 4. The van der Waals surface area contributed by atoms with E-state index in [0.717, 1.165) is 10.4 Å².